The van der Waals surface area contributed by atoms with E-state index in [1.54, 1.807) is 4.90 Å². The van der Waals surface area contributed by atoms with Crippen molar-refractivity contribution in [1.82, 2.24) is 25.5 Å². The first kappa shape index (κ1) is 35.3. The van der Waals surface area contributed by atoms with Crippen molar-refractivity contribution in [1.29, 1.82) is 0 Å². The monoisotopic (exact) mass is 549 g/mol. The number of aliphatic carboxylic acids is 3. The Morgan fingerprint density at radius 1 is 0.684 bits per heavy atom. The van der Waals surface area contributed by atoms with Gasteiger partial charge in [0.25, 0.3) is 0 Å². The van der Waals surface area contributed by atoms with Gasteiger partial charge in [0, 0.05) is 52.4 Å². The van der Waals surface area contributed by atoms with Crippen LogP contribution in [0.4, 0.5) is 0 Å². The molecule has 0 spiro atoms. The SMILES string of the molecule is C=CC(=O)NCCCCCCNOCCN(CCOO)CCN(CCN(CC(=O)O)CC(=O)O)CC(=O)O. The molecule has 0 aromatic heterocycles. The van der Waals surface area contributed by atoms with E-state index in [0.29, 0.717) is 45.9 Å². The molecule has 6 N–H and O–H groups in total. The topological polar surface area (TPSA) is 201 Å². The van der Waals surface area contributed by atoms with Crippen molar-refractivity contribution in [3.63, 3.8) is 0 Å². The van der Waals surface area contributed by atoms with Crippen LogP contribution in [0, 0.1) is 0 Å². The lowest BCUT2D eigenvalue weighted by Crippen LogP contribution is -2.45. The van der Waals surface area contributed by atoms with Crippen molar-refractivity contribution >= 4 is 23.8 Å². The van der Waals surface area contributed by atoms with Gasteiger partial charge in [0.1, 0.15) is 0 Å². The summed E-state index contributed by atoms with van der Waals surface area (Å²) in [6.45, 7) is 5.64. The first-order chi connectivity index (χ1) is 18.2. The fourth-order valence-electron chi connectivity index (χ4n) is 3.41. The summed E-state index contributed by atoms with van der Waals surface area (Å²) in [6.07, 6.45) is 5.00. The van der Waals surface area contributed by atoms with Gasteiger partial charge in [-0.05, 0) is 18.9 Å². The Hall–Kier alpha value is -2.66. The maximum absolute atomic E-state index is 11.3. The smallest absolute Gasteiger partial charge is 0.317 e. The number of carboxylic acids is 3. The first-order valence-corrected chi connectivity index (χ1v) is 12.5. The van der Waals surface area contributed by atoms with Gasteiger partial charge in [0.2, 0.25) is 5.91 Å². The number of hydrogen-bond donors (Lipinski definition) is 6. The summed E-state index contributed by atoms with van der Waals surface area (Å²) in [7, 11) is 0. The molecule has 0 saturated carbocycles. The van der Waals surface area contributed by atoms with Crippen LogP contribution < -0.4 is 10.8 Å². The second-order valence-corrected chi connectivity index (χ2v) is 8.50. The van der Waals surface area contributed by atoms with Crippen LogP contribution in [0.3, 0.4) is 0 Å². The van der Waals surface area contributed by atoms with E-state index >= 15 is 0 Å². The fraction of sp³-hybridized carbons (Fsp3) is 0.739. The van der Waals surface area contributed by atoms with Crippen LogP contribution in [-0.4, -0.2) is 144 Å². The molecular formula is C23H43N5O10. The summed E-state index contributed by atoms with van der Waals surface area (Å²) in [4.78, 5) is 58.6. The van der Waals surface area contributed by atoms with Gasteiger partial charge in [-0.15, -0.1) is 0 Å². The average molecular weight is 550 g/mol. The van der Waals surface area contributed by atoms with Crippen LogP contribution in [0.1, 0.15) is 25.7 Å². The lowest BCUT2D eigenvalue weighted by atomic mass is 10.2. The van der Waals surface area contributed by atoms with Crippen LogP contribution >= 0.6 is 0 Å². The number of hydroxylamine groups is 1. The number of carbonyl (C=O) groups excluding carboxylic acids is 1. The molecule has 0 saturated heterocycles. The van der Waals surface area contributed by atoms with Crippen molar-refractivity contribution in [2.24, 2.45) is 0 Å². The van der Waals surface area contributed by atoms with Crippen LogP contribution in [0.15, 0.2) is 12.7 Å². The number of carboxylic acid groups (broad SMARTS) is 3. The molecule has 0 aromatic carbocycles. The molecule has 0 radical (unpaired) electrons. The highest BCUT2D eigenvalue weighted by molar-refractivity contribution is 5.86. The summed E-state index contributed by atoms with van der Waals surface area (Å²) in [6, 6.07) is 0. The molecule has 0 unspecified atom stereocenters. The molecule has 0 fully saturated rings. The normalized spacial score (nSPS) is 11.3. The predicted molar refractivity (Wildman–Crippen MR) is 136 cm³/mol. The number of hydrogen-bond acceptors (Lipinski definition) is 11. The van der Waals surface area contributed by atoms with Gasteiger partial charge < -0.3 is 25.5 Å². The quantitative estimate of drug-likeness (QED) is 0.0316. The Kier molecular flexibility index (Phi) is 21.8. The lowest BCUT2D eigenvalue weighted by Gasteiger charge is -2.28. The Bertz CT molecular complexity index is 681. The van der Waals surface area contributed by atoms with E-state index in [0.717, 1.165) is 25.7 Å². The molecule has 0 aliphatic rings. The van der Waals surface area contributed by atoms with Crippen LogP contribution in [0.25, 0.3) is 0 Å². The molecule has 0 aliphatic heterocycles. The number of carbonyl (C=O) groups is 4. The number of nitrogens with zero attached hydrogens (tertiary/aromatic N) is 3. The minimum absolute atomic E-state index is 0.0462. The lowest BCUT2D eigenvalue weighted by molar-refractivity contribution is -0.244. The third-order valence-electron chi connectivity index (χ3n) is 5.34. The van der Waals surface area contributed by atoms with E-state index in [2.05, 4.69) is 22.3 Å². The third-order valence-corrected chi connectivity index (χ3v) is 5.34. The van der Waals surface area contributed by atoms with Gasteiger partial charge in [0.15, 0.2) is 0 Å². The summed E-state index contributed by atoms with van der Waals surface area (Å²) in [5.74, 6) is -3.58. The molecular weight excluding hydrogens is 506 g/mol. The molecule has 220 valence electrons. The third kappa shape index (κ3) is 22.5. The average Bonchev–Trinajstić information content (AvgIpc) is 2.85. The zero-order chi connectivity index (χ0) is 28.6. The van der Waals surface area contributed by atoms with Gasteiger partial charge in [-0.25, -0.2) is 10.4 Å². The van der Waals surface area contributed by atoms with E-state index < -0.39 is 31.0 Å². The molecule has 0 rings (SSSR count). The van der Waals surface area contributed by atoms with Gasteiger partial charge >= 0.3 is 17.9 Å². The zero-order valence-corrected chi connectivity index (χ0v) is 21.9. The fourth-order valence-corrected chi connectivity index (χ4v) is 3.41. The second-order valence-electron chi connectivity index (χ2n) is 8.50. The summed E-state index contributed by atoms with van der Waals surface area (Å²) in [5.41, 5.74) is 2.89. The molecule has 0 aliphatic carbocycles. The largest absolute Gasteiger partial charge is 0.480 e. The van der Waals surface area contributed by atoms with Crippen LogP contribution in [0.5, 0.6) is 0 Å². The van der Waals surface area contributed by atoms with Crippen molar-refractivity contribution in [3.05, 3.63) is 12.7 Å². The van der Waals surface area contributed by atoms with E-state index in [4.69, 9.17) is 20.3 Å². The number of unbranched alkanes of at least 4 members (excludes halogenated alkanes) is 3. The minimum Gasteiger partial charge on any atom is -0.480 e. The molecule has 1 amide bonds. The van der Waals surface area contributed by atoms with Crippen molar-refractivity contribution < 1.29 is 49.5 Å². The van der Waals surface area contributed by atoms with Gasteiger partial charge in [0.05, 0.1) is 32.8 Å². The molecule has 15 heteroatoms. The van der Waals surface area contributed by atoms with Gasteiger partial charge in [-0.2, -0.15) is 0 Å². The Balaban J connectivity index is 4.39. The summed E-state index contributed by atoms with van der Waals surface area (Å²) < 4.78 is 0. The number of rotatable bonds is 27. The molecule has 0 atom stereocenters. The molecule has 0 heterocycles. The van der Waals surface area contributed by atoms with Crippen molar-refractivity contribution in [3.8, 4) is 0 Å². The van der Waals surface area contributed by atoms with Crippen molar-refractivity contribution in [2.45, 2.75) is 25.7 Å². The van der Waals surface area contributed by atoms with E-state index in [-0.39, 0.29) is 32.1 Å². The minimum atomic E-state index is -1.17. The summed E-state index contributed by atoms with van der Waals surface area (Å²) in [5, 5.41) is 38.6. The van der Waals surface area contributed by atoms with Crippen LogP contribution in [0.2, 0.25) is 0 Å². The molecule has 15 nitrogen and oxygen atoms in total. The highest BCUT2D eigenvalue weighted by Crippen LogP contribution is 1.99. The van der Waals surface area contributed by atoms with E-state index in [9.17, 15) is 24.3 Å². The maximum Gasteiger partial charge on any atom is 0.317 e. The number of amides is 1. The second kappa shape index (κ2) is 23.5. The highest BCUT2D eigenvalue weighted by atomic mass is 17.1. The highest BCUT2D eigenvalue weighted by Gasteiger charge is 2.17. The number of nitrogens with one attached hydrogen (secondary N) is 2. The molecule has 0 bridgehead atoms. The predicted octanol–water partition coefficient (Wildman–Crippen LogP) is -0.980. The summed E-state index contributed by atoms with van der Waals surface area (Å²) >= 11 is 0. The van der Waals surface area contributed by atoms with Gasteiger partial charge in [-0.1, -0.05) is 19.4 Å². The van der Waals surface area contributed by atoms with Crippen molar-refractivity contribution in [2.75, 3.05) is 85.2 Å². The zero-order valence-electron chi connectivity index (χ0n) is 21.9. The van der Waals surface area contributed by atoms with Gasteiger partial charge in [-0.3, -0.25) is 39.1 Å². The Labute approximate surface area is 222 Å². The van der Waals surface area contributed by atoms with E-state index in [1.807, 2.05) is 4.90 Å². The maximum atomic E-state index is 11.3. The Morgan fingerprint density at radius 3 is 1.74 bits per heavy atom. The standard InChI is InChI=1S/C23H43N5O10/c1-2-20(29)24-7-5-3-4-6-8-25-37-15-13-26(14-16-38-36)9-10-27(17-21(30)31)11-12-28(18-22(32)33)19-23(34)35/h2,25,36H,1,3-19H2,(H,24,29)(H,30,31)(H,32,33)(H,34,35). The Morgan fingerprint density at radius 2 is 1.18 bits per heavy atom. The molecule has 0 aromatic rings. The van der Waals surface area contributed by atoms with Crippen LogP contribution in [-0.2, 0) is 28.9 Å². The van der Waals surface area contributed by atoms with E-state index in [1.165, 1.54) is 11.0 Å². The molecule has 38 heavy (non-hydrogen) atoms. The first-order valence-electron chi connectivity index (χ1n) is 12.5.